The van der Waals surface area contributed by atoms with Gasteiger partial charge in [-0.3, -0.25) is 0 Å². The van der Waals surface area contributed by atoms with E-state index in [1.54, 1.807) is 7.11 Å². The van der Waals surface area contributed by atoms with Gasteiger partial charge in [0, 0.05) is 24.6 Å². The van der Waals surface area contributed by atoms with Gasteiger partial charge in [-0.2, -0.15) is 4.98 Å². The van der Waals surface area contributed by atoms with Gasteiger partial charge in [-0.15, -0.1) is 0 Å². The Morgan fingerprint density at radius 1 is 1.26 bits per heavy atom. The van der Waals surface area contributed by atoms with Crippen LogP contribution in [0, 0.1) is 0 Å². The SMILES string of the molecule is COCCOc1cc(NC(C)(C)C)nc(C2CC2)n1. The first-order valence-electron chi connectivity index (χ1n) is 6.77. The van der Waals surface area contributed by atoms with Gasteiger partial charge in [0.15, 0.2) is 0 Å². The summed E-state index contributed by atoms with van der Waals surface area (Å²) in [5, 5.41) is 3.37. The van der Waals surface area contributed by atoms with Crippen molar-refractivity contribution >= 4 is 5.82 Å². The predicted octanol–water partition coefficient (Wildman–Crippen LogP) is 2.59. The normalized spacial score (nSPS) is 15.4. The highest BCUT2D eigenvalue weighted by Crippen LogP contribution is 2.39. The van der Waals surface area contributed by atoms with Crippen LogP contribution in [0.1, 0.15) is 45.4 Å². The first-order valence-corrected chi connectivity index (χ1v) is 6.77. The van der Waals surface area contributed by atoms with Crippen LogP contribution in [0.3, 0.4) is 0 Å². The summed E-state index contributed by atoms with van der Waals surface area (Å²) in [6.45, 7) is 7.39. The van der Waals surface area contributed by atoms with Gasteiger partial charge >= 0.3 is 0 Å². The Labute approximate surface area is 114 Å². The fraction of sp³-hybridized carbons (Fsp3) is 0.714. The van der Waals surface area contributed by atoms with Crippen LogP contribution in [-0.2, 0) is 4.74 Å². The van der Waals surface area contributed by atoms with Crippen molar-refractivity contribution in [2.45, 2.75) is 45.1 Å². The lowest BCUT2D eigenvalue weighted by Gasteiger charge is -2.22. The maximum absolute atomic E-state index is 5.60. The second-order valence-corrected chi connectivity index (χ2v) is 5.94. The fourth-order valence-electron chi connectivity index (χ4n) is 1.72. The monoisotopic (exact) mass is 265 g/mol. The Morgan fingerprint density at radius 3 is 2.58 bits per heavy atom. The van der Waals surface area contributed by atoms with Crippen molar-refractivity contribution in [3.05, 3.63) is 11.9 Å². The molecule has 106 valence electrons. The Kier molecular flexibility index (Phi) is 4.24. The number of nitrogens with one attached hydrogen (secondary N) is 1. The van der Waals surface area contributed by atoms with Crippen molar-refractivity contribution in [1.82, 2.24) is 9.97 Å². The van der Waals surface area contributed by atoms with Crippen LogP contribution in [0.15, 0.2) is 6.07 Å². The van der Waals surface area contributed by atoms with Crippen LogP contribution >= 0.6 is 0 Å². The molecule has 5 nitrogen and oxygen atoms in total. The third-order valence-corrected chi connectivity index (χ3v) is 2.70. The summed E-state index contributed by atoms with van der Waals surface area (Å²) in [6, 6.07) is 1.85. The summed E-state index contributed by atoms with van der Waals surface area (Å²) >= 11 is 0. The Balaban J connectivity index is 2.12. The number of hydrogen-bond acceptors (Lipinski definition) is 5. The largest absolute Gasteiger partial charge is 0.475 e. The molecule has 1 aliphatic rings. The van der Waals surface area contributed by atoms with Gasteiger partial charge in [0.05, 0.1) is 6.61 Å². The van der Waals surface area contributed by atoms with Gasteiger partial charge in [0.25, 0.3) is 0 Å². The summed E-state index contributed by atoms with van der Waals surface area (Å²) in [5.74, 6) is 2.85. The Morgan fingerprint density at radius 2 is 2.00 bits per heavy atom. The second-order valence-electron chi connectivity index (χ2n) is 5.94. The number of methoxy groups -OCH3 is 1. The molecule has 1 N–H and O–H groups in total. The highest BCUT2D eigenvalue weighted by atomic mass is 16.5. The molecule has 0 saturated heterocycles. The van der Waals surface area contributed by atoms with Crippen LogP contribution in [0.25, 0.3) is 0 Å². The summed E-state index contributed by atoms with van der Waals surface area (Å²) in [4.78, 5) is 9.04. The zero-order valence-electron chi connectivity index (χ0n) is 12.2. The summed E-state index contributed by atoms with van der Waals surface area (Å²) < 4.78 is 10.6. The molecule has 0 amide bonds. The summed E-state index contributed by atoms with van der Waals surface area (Å²) in [5.41, 5.74) is -0.0288. The molecule has 0 aliphatic heterocycles. The molecular weight excluding hydrogens is 242 g/mol. The molecule has 0 atom stereocenters. The standard InChI is InChI=1S/C14H23N3O2/c1-14(2,3)17-11-9-12(19-8-7-18-4)16-13(15-11)10-5-6-10/h9-10H,5-8H2,1-4H3,(H,15,16,17). The number of nitrogens with zero attached hydrogens (tertiary/aromatic N) is 2. The molecule has 1 aliphatic carbocycles. The average Bonchev–Trinajstić information content (AvgIpc) is 3.10. The highest BCUT2D eigenvalue weighted by molar-refractivity contribution is 5.41. The minimum Gasteiger partial charge on any atom is -0.475 e. The van der Waals surface area contributed by atoms with Crippen molar-refractivity contribution in [1.29, 1.82) is 0 Å². The molecule has 1 aromatic heterocycles. The van der Waals surface area contributed by atoms with E-state index in [-0.39, 0.29) is 5.54 Å². The van der Waals surface area contributed by atoms with E-state index >= 15 is 0 Å². The maximum atomic E-state index is 5.60. The summed E-state index contributed by atoms with van der Waals surface area (Å²) in [7, 11) is 1.66. The highest BCUT2D eigenvalue weighted by Gasteiger charge is 2.28. The molecule has 1 heterocycles. The number of anilines is 1. The lowest BCUT2D eigenvalue weighted by molar-refractivity contribution is 0.143. The quantitative estimate of drug-likeness (QED) is 0.801. The van der Waals surface area contributed by atoms with E-state index in [0.717, 1.165) is 11.6 Å². The van der Waals surface area contributed by atoms with Crippen molar-refractivity contribution < 1.29 is 9.47 Å². The Hall–Kier alpha value is -1.36. The third kappa shape index (κ3) is 4.67. The molecule has 5 heteroatoms. The van der Waals surface area contributed by atoms with Gasteiger partial charge < -0.3 is 14.8 Å². The number of ether oxygens (including phenoxy) is 2. The Bertz CT molecular complexity index is 425. The molecular formula is C14H23N3O2. The van der Waals surface area contributed by atoms with Gasteiger partial charge in [0.2, 0.25) is 5.88 Å². The molecule has 19 heavy (non-hydrogen) atoms. The van der Waals surface area contributed by atoms with Crippen LogP contribution in [0.5, 0.6) is 5.88 Å². The predicted molar refractivity (Wildman–Crippen MR) is 74.8 cm³/mol. The third-order valence-electron chi connectivity index (χ3n) is 2.70. The van der Waals surface area contributed by atoms with E-state index in [9.17, 15) is 0 Å². The first-order chi connectivity index (χ1) is 8.98. The molecule has 0 bridgehead atoms. The molecule has 0 radical (unpaired) electrons. The van der Waals surface area contributed by atoms with Gasteiger partial charge in [-0.05, 0) is 33.6 Å². The lowest BCUT2D eigenvalue weighted by Crippen LogP contribution is -2.27. The second kappa shape index (κ2) is 5.74. The topological polar surface area (TPSA) is 56.3 Å². The zero-order valence-corrected chi connectivity index (χ0v) is 12.2. The van der Waals surface area contributed by atoms with Gasteiger partial charge in [-0.25, -0.2) is 4.98 Å². The van der Waals surface area contributed by atoms with E-state index in [1.165, 1.54) is 12.8 Å². The van der Waals surface area contributed by atoms with E-state index < -0.39 is 0 Å². The number of rotatable bonds is 6. The van der Waals surface area contributed by atoms with Crippen molar-refractivity contribution in [2.75, 3.05) is 25.6 Å². The smallest absolute Gasteiger partial charge is 0.218 e. The number of aromatic nitrogens is 2. The molecule has 1 saturated carbocycles. The minimum atomic E-state index is -0.0288. The minimum absolute atomic E-state index is 0.0288. The molecule has 1 aromatic rings. The van der Waals surface area contributed by atoms with E-state index in [2.05, 4.69) is 36.1 Å². The van der Waals surface area contributed by atoms with E-state index in [0.29, 0.717) is 25.0 Å². The first kappa shape index (κ1) is 14.1. The molecule has 0 unspecified atom stereocenters. The van der Waals surface area contributed by atoms with E-state index in [4.69, 9.17) is 9.47 Å². The van der Waals surface area contributed by atoms with Crippen LogP contribution in [0.2, 0.25) is 0 Å². The molecule has 2 rings (SSSR count). The van der Waals surface area contributed by atoms with Crippen molar-refractivity contribution in [3.63, 3.8) is 0 Å². The van der Waals surface area contributed by atoms with Gasteiger partial charge in [-0.1, -0.05) is 0 Å². The van der Waals surface area contributed by atoms with Gasteiger partial charge in [0.1, 0.15) is 18.2 Å². The van der Waals surface area contributed by atoms with Crippen LogP contribution < -0.4 is 10.1 Å². The van der Waals surface area contributed by atoms with Crippen molar-refractivity contribution in [2.24, 2.45) is 0 Å². The molecule has 0 spiro atoms. The number of hydrogen-bond donors (Lipinski definition) is 1. The fourth-order valence-corrected chi connectivity index (χ4v) is 1.72. The van der Waals surface area contributed by atoms with Crippen LogP contribution in [-0.4, -0.2) is 35.8 Å². The van der Waals surface area contributed by atoms with Crippen molar-refractivity contribution in [3.8, 4) is 5.88 Å². The zero-order chi connectivity index (χ0) is 13.9. The van der Waals surface area contributed by atoms with E-state index in [1.807, 2.05) is 6.07 Å². The summed E-state index contributed by atoms with van der Waals surface area (Å²) in [6.07, 6.45) is 2.35. The molecule has 1 fully saturated rings. The van der Waals surface area contributed by atoms with Crippen LogP contribution in [0.4, 0.5) is 5.82 Å². The maximum Gasteiger partial charge on any atom is 0.218 e. The lowest BCUT2D eigenvalue weighted by atomic mass is 10.1. The molecule has 0 aromatic carbocycles. The average molecular weight is 265 g/mol.